The first-order chi connectivity index (χ1) is 8.74. The standard InChI is InChI=1S/C13H12N2O2S/c16-15(17)13-5-4-10(3-1-2-8-18)11-6-7-14-9-12(11)13/h1,3-7,9,18H,2,8H2. The number of pyridine rings is 1. The Morgan fingerprint density at radius 2 is 2.17 bits per heavy atom. The maximum absolute atomic E-state index is 10.9. The van der Waals surface area contributed by atoms with Gasteiger partial charge in [0, 0.05) is 18.5 Å². The summed E-state index contributed by atoms with van der Waals surface area (Å²) in [7, 11) is 0. The molecule has 0 bridgehead atoms. The van der Waals surface area contributed by atoms with Gasteiger partial charge in [-0.05, 0) is 35.3 Å². The van der Waals surface area contributed by atoms with Crippen LogP contribution in [0.1, 0.15) is 12.0 Å². The molecule has 0 atom stereocenters. The highest BCUT2D eigenvalue weighted by atomic mass is 32.1. The molecule has 1 heterocycles. The van der Waals surface area contributed by atoms with E-state index in [1.807, 2.05) is 12.2 Å². The van der Waals surface area contributed by atoms with E-state index in [4.69, 9.17) is 0 Å². The molecule has 1 aromatic heterocycles. The number of nitro benzene ring substituents is 1. The van der Waals surface area contributed by atoms with Crippen LogP contribution in [0.3, 0.4) is 0 Å². The molecular weight excluding hydrogens is 248 g/mol. The van der Waals surface area contributed by atoms with Crippen molar-refractivity contribution in [3.05, 3.63) is 52.3 Å². The van der Waals surface area contributed by atoms with Crippen molar-refractivity contribution in [3.63, 3.8) is 0 Å². The zero-order chi connectivity index (χ0) is 13.0. The molecule has 18 heavy (non-hydrogen) atoms. The van der Waals surface area contributed by atoms with Crippen LogP contribution >= 0.6 is 12.6 Å². The van der Waals surface area contributed by atoms with Gasteiger partial charge in [-0.2, -0.15) is 12.6 Å². The third-order valence-electron chi connectivity index (χ3n) is 2.62. The van der Waals surface area contributed by atoms with Crippen LogP contribution in [-0.2, 0) is 0 Å². The Morgan fingerprint density at radius 1 is 1.33 bits per heavy atom. The fourth-order valence-electron chi connectivity index (χ4n) is 1.79. The third-order valence-corrected chi connectivity index (χ3v) is 2.88. The number of benzene rings is 1. The highest BCUT2D eigenvalue weighted by Gasteiger charge is 2.12. The molecule has 2 aromatic rings. The third kappa shape index (κ3) is 2.51. The number of hydrogen-bond donors (Lipinski definition) is 1. The van der Waals surface area contributed by atoms with Crippen molar-refractivity contribution in [1.29, 1.82) is 0 Å². The highest BCUT2D eigenvalue weighted by Crippen LogP contribution is 2.28. The van der Waals surface area contributed by atoms with Gasteiger partial charge in [-0.1, -0.05) is 12.2 Å². The van der Waals surface area contributed by atoms with Crippen molar-refractivity contribution < 1.29 is 4.92 Å². The van der Waals surface area contributed by atoms with E-state index in [2.05, 4.69) is 17.6 Å². The summed E-state index contributed by atoms with van der Waals surface area (Å²) in [5.74, 6) is 0.781. The molecule has 0 spiro atoms. The van der Waals surface area contributed by atoms with E-state index in [1.165, 1.54) is 12.3 Å². The molecule has 1 aromatic carbocycles. The van der Waals surface area contributed by atoms with Crippen molar-refractivity contribution in [1.82, 2.24) is 4.98 Å². The summed E-state index contributed by atoms with van der Waals surface area (Å²) in [6.45, 7) is 0. The lowest BCUT2D eigenvalue weighted by molar-refractivity contribution is -0.383. The van der Waals surface area contributed by atoms with Crippen LogP contribution in [0.5, 0.6) is 0 Å². The molecule has 0 saturated heterocycles. The first kappa shape index (κ1) is 12.6. The summed E-state index contributed by atoms with van der Waals surface area (Å²) in [4.78, 5) is 14.5. The van der Waals surface area contributed by atoms with E-state index in [0.717, 1.165) is 23.1 Å². The lowest BCUT2D eigenvalue weighted by atomic mass is 10.0. The van der Waals surface area contributed by atoms with Crippen LogP contribution in [-0.4, -0.2) is 15.7 Å². The molecule has 92 valence electrons. The number of hydrogen-bond acceptors (Lipinski definition) is 4. The fraction of sp³-hybridized carbons (Fsp3) is 0.154. The van der Waals surface area contributed by atoms with Crippen molar-refractivity contribution in [2.75, 3.05) is 5.75 Å². The van der Waals surface area contributed by atoms with E-state index in [1.54, 1.807) is 18.3 Å². The van der Waals surface area contributed by atoms with E-state index < -0.39 is 0 Å². The molecule has 0 fully saturated rings. The van der Waals surface area contributed by atoms with Crippen LogP contribution in [0.2, 0.25) is 0 Å². The van der Waals surface area contributed by atoms with Gasteiger partial charge >= 0.3 is 0 Å². The number of nitrogens with zero attached hydrogens (tertiary/aromatic N) is 2. The smallest absolute Gasteiger partial charge is 0.264 e. The zero-order valence-corrected chi connectivity index (χ0v) is 10.5. The van der Waals surface area contributed by atoms with Crippen LogP contribution in [0.4, 0.5) is 5.69 Å². The van der Waals surface area contributed by atoms with Gasteiger partial charge in [-0.15, -0.1) is 0 Å². The second-order valence-corrected chi connectivity index (χ2v) is 4.21. The summed E-state index contributed by atoms with van der Waals surface area (Å²) in [5, 5.41) is 12.3. The number of allylic oxidation sites excluding steroid dienone is 1. The summed E-state index contributed by atoms with van der Waals surface area (Å²) in [6.07, 6.45) is 8.01. The number of fused-ring (bicyclic) bond motifs is 1. The molecule has 0 N–H and O–H groups in total. The number of aromatic nitrogens is 1. The summed E-state index contributed by atoms with van der Waals surface area (Å²) < 4.78 is 0. The molecule has 5 heteroatoms. The highest BCUT2D eigenvalue weighted by molar-refractivity contribution is 7.80. The summed E-state index contributed by atoms with van der Waals surface area (Å²) in [6, 6.07) is 5.07. The predicted molar refractivity (Wildman–Crippen MR) is 75.9 cm³/mol. The minimum atomic E-state index is -0.384. The molecule has 0 aliphatic rings. The Kier molecular flexibility index (Phi) is 3.94. The Bertz CT molecular complexity index is 611. The molecule has 4 nitrogen and oxygen atoms in total. The SMILES string of the molecule is O=[N+]([O-])c1ccc(C=CCCS)c2ccncc12. The van der Waals surface area contributed by atoms with E-state index in [9.17, 15) is 10.1 Å². The van der Waals surface area contributed by atoms with Gasteiger partial charge in [0.1, 0.15) is 0 Å². The Hall–Kier alpha value is -1.88. The second-order valence-electron chi connectivity index (χ2n) is 3.77. The second kappa shape index (κ2) is 5.64. The normalized spacial score (nSPS) is 11.2. The average Bonchev–Trinajstić information content (AvgIpc) is 2.38. The molecule has 0 saturated carbocycles. The van der Waals surface area contributed by atoms with Crippen LogP contribution in [0.25, 0.3) is 16.8 Å². The van der Waals surface area contributed by atoms with Gasteiger partial charge in [-0.3, -0.25) is 15.1 Å². The fourth-order valence-corrected chi connectivity index (χ4v) is 1.94. The quantitative estimate of drug-likeness (QED) is 0.520. The number of non-ortho nitro benzene ring substituents is 1. The van der Waals surface area contributed by atoms with Crippen LogP contribution in [0, 0.1) is 10.1 Å². The molecule has 0 radical (unpaired) electrons. The molecule has 2 rings (SSSR count). The minimum absolute atomic E-state index is 0.0874. The van der Waals surface area contributed by atoms with Crippen LogP contribution < -0.4 is 0 Å². The zero-order valence-electron chi connectivity index (χ0n) is 9.61. The first-order valence-electron chi connectivity index (χ1n) is 5.52. The molecule has 0 unspecified atom stereocenters. The lowest BCUT2D eigenvalue weighted by Crippen LogP contribution is -1.91. The van der Waals surface area contributed by atoms with Gasteiger partial charge in [-0.25, -0.2) is 0 Å². The van der Waals surface area contributed by atoms with Gasteiger partial charge in [0.15, 0.2) is 0 Å². The predicted octanol–water partition coefficient (Wildman–Crippen LogP) is 3.48. The van der Waals surface area contributed by atoms with Gasteiger partial charge in [0.25, 0.3) is 5.69 Å². The van der Waals surface area contributed by atoms with E-state index in [-0.39, 0.29) is 10.6 Å². The molecule has 0 amide bonds. The van der Waals surface area contributed by atoms with Crippen molar-refractivity contribution in [2.45, 2.75) is 6.42 Å². The van der Waals surface area contributed by atoms with Gasteiger partial charge in [0.05, 0.1) is 10.3 Å². The Morgan fingerprint density at radius 3 is 2.89 bits per heavy atom. The molecular formula is C13H12N2O2S. The summed E-state index contributed by atoms with van der Waals surface area (Å²) in [5.41, 5.74) is 1.05. The lowest BCUT2D eigenvalue weighted by Gasteiger charge is -2.02. The van der Waals surface area contributed by atoms with Crippen molar-refractivity contribution in [3.8, 4) is 0 Å². The van der Waals surface area contributed by atoms with Gasteiger partial charge in [0.2, 0.25) is 0 Å². The molecule has 0 aliphatic heterocycles. The maximum Gasteiger partial charge on any atom is 0.278 e. The Labute approximate surface area is 110 Å². The largest absolute Gasteiger partial charge is 0.278 e. The number of rotatable bonds is 4. The van der Waals surface area contributed by atoms with Gasteiger partial charge < -0.3 is 0 Å². The maximum atomic E-state index is 10.9. The molecule has 0 aliphatic carbocycles. The van der Waals surface area contributed by atoms with Crippen LogP contribution in [0.15, 0.2) is 36.7 Å². The Balaban J connectivity index is 2.57. The number of nitro groups is 1. The van der Waals surface area contributed by atoms with Crippen molar-refractivity contribution in [2.24, 2.45) is 0 Å². The minimum Gasteiger partial charge on any atom is -0.264 e. The summed E-state index contributed by atoms with van der Waals surface area (Å²) >= 11 is 4.13. The first-order valence-corrected chi connectivity index (χ1v) is 6.16. The average molecular weight is 260 g/mol. The van der Waals surface area contributed by atoms with E-state index in [0.29, 0.717) is 5.39 Å². The number of thiol groups is 1. The van der Waals surface area contributed by atoms with E-state index >= 15 is 0 Å². The topological polar surface area (TPSA) is 56.0 Å². The monoisotopic (exact) mass is 260 g/mol. The van der Waals surface area contributed by atoms with Crippen molar-refractivity contribution >= 4 is 35.2 Å².